The summed E-state index contributed by atoms with van der Waals surface area (Å²) >= 11 is 0. The van der Waals surface area contributed by atoms with Crippen LogP contribution in [-0.2, 0) is 4.74 Å². The quantitative estimate of drug-likeness (QED) is 0.856. The third kappa shape index (κ3) is 5.94. The van der Waals surface area contributed by atoms with Crippen molar-refractivity contribution < 1.29 is 9.53 Å². The van der Waals surface area contributed by atoms with Gasteiger partial charge < -0.3 is 10.1 Å². The van der Waals surface area contributed by atoms with Crippen molar-refractivity contribution in [2.75, 3.05) is 19.6 Å². The molecule has 0 aromatic rings. The van der Waals surface area contributed by atoms with Gasteiger partial charge in [-0.1, -0.05) is 13.3 Å². The normalized spacial score (nSPS) is 17.7. The summed E-state index contributed by atoms with van der Waals surface area (Å²) in [7, 11) is 0. The van der Waals surface area contributed by atoms with Crippen LogP contribution in [0.5, 0.6) is 0 Å². The van der Waals surface area contributed by atoms with E-state index in [2.05, 4.69) is 24.2 Å². The Balaban J connectivity index is 2.49. The average Bonchev–Trinajstić information content (AvgIpc) is 2.27. The molecule has 0 bridgehead atoms. The zero-order valence-electron chi connectivity index (χ0n) is 12.8. The lowest BCUT2D eigenvalue weighted by Gasteiger charge is -2.30. The van der Waals surface area contributed by atoms with E-state index in [0.29, 0.717) is 25.7 Å². The predicted octanol–water partition coefficient (Wildman–Crippen LogP) is 2.41. The highest BCUT2D eigenvalue weighted by Gasteiger charge is 2.25. The molecule has 19 heavy (non-hydrogen) atoms. The van der Waals surface area contributed by atoms with E-state index >= 15 is 0 Å². The number of aliphatic imine (C=N–C) groups is 1. The second-order valence-corrected chi connectivity index (χ2v) is 6.06. The maximum Gasteiger partial charge on any atom is 0.410 e. The molecule has 0 radical (unpaired) electrons. The summed E-state index contributed by atoms with van der Waals surface area (Å²) in [4.78, 5) is 18.1. The third-order valence-corrected chi connectivity index (χ3v) is 2.80. The molecule has 0 aromatic heterocycles. The second kappa shape index (κ2) is 6.78. The van der Waals surface area contributed by atoms with Crippen LogP contribution in [0.2, 0.25) is 0 Å². The smallest absolute Gasteiger partial charge is 0.410 e. The van der Waals surface area contributed by atoms with E-state index in [4.69, 9.17) is 4.74 Å². The van der Waals surface area contributed by atoms with Gasteiger partial charge in [-0.15, -0.1) is 0 Å². The average molecular weight is 269 g/mol. The van der Waals surface area contributed by atoms with Gasteiger partial charge in [-0.25, -0.2) is 4.79 Å². The minimum Gasteiger partial charge on any atom is -0.444 e. The molecule has 0 saturated heterocycles. The first kappa shape index (κ1) is 15.8. The van der Waals surface area contributed by atoms with Crippen molar-refractivity contribution in [3.63, 3.8) is 0 Å². The highest BCUT2D eigenvalue weighted by molar-refractivity contribution is 5.88. The Morgan fingerprint density at radius 1 is 1.53 bits per heavy atom. The van der Waals surface area contributed by atoms with Gasteiger partial charge in [0.2, 0.25) is 0 Å². The van der Waals surface area contributed by atoms with Gasteiger partial charge in [-0.3, -0.25) is 9.89 Å². The molecule has 1 unspecified atom stereocenters. The standard InChI is InChI=1S/C14H27N3O2/c1-6-7-11(2)16-12-10-17(9-8-15-12)13(18)19-14(3,4)5/h11H,6-10H2,1-5H3,(H,15,16). The van der Waals surface area contributed by atoms with E-state index in [0.717, 1.165) is 18.7 Å². The van der Waals surface area contributed by atoms with Gasteiger partial charge in [-0.2, -0.15) is 0 Å². The third-order valence-electron chi connectivity index (χ3n) is 2.80. The molecular weight excluding hydrogens is 242 g/mol. The van der Waals surface area contributed by atoms with E-state index in [1.807, 2.05) is 20.8 Å². The molecule has 0 fully saturated rings. The van der Waals surface area contributed by atoms with Gasteiger partial charge in [0, 0.05) is 12.6 Å². The lowest BCUT2D eigenvalue weighted by molar-refractivity contribution is 0.0276. The molecule has 5 nitrogen and oxygen atoms in total. The fourth-order valence-corrected chi connectivity index (χ4v) is 1.98. The largest absolute Gasteiger partial charge is 0.444 e. The van der Waals surface area contributed by atoms with Gasteiger partial charge in [0.1, 0.15) is 11.4 Å². The van der Waals surface area contributed by atoms with Crippen molar-refractivity contribution in [1.29, 1.82) is 0 Å². The molecule has 5 heteroatoms. The summed E-state index contributed by atoms with van der Waals surface area (Å²) in [5, 5.41) is 3.37. The van der Waals surface area contributed by atoms with Crippen molar-refractivity contribution in [2.24, 2.45) is 4.99 Å². The summed E-state index contributed by atoms with van der Waals surface area (Å²) in [5.41, 5.74) is -0.450. The first-order valence-corrected chi connectivity index (χ1v) is 7.09. The first-order chi connectivity index (χ1) is 8.81. The Labute approximate surface area is 116 Å². The van der Waals surface area contributed by atoms with Crippen LogP contribution in [0.1, 0.15) is 47.5 Å². The molecule has 1 aliphatic rings. The molecule has 1 atom stereocenters. The minimum atomic E-state index is -0.450. The molecule has 110 valence electrons. The molecule has 1 N–H and O–H groups in total. The Bertz CT molecular complexity index is 334. The SMILES string of the molecule is CCCC(C)NC1=NCCN(C(=O)OC(C)(C)C)C1. The Morgan fingerprint density at radius 3 is 2.79 bits per heavy atom. The Morgan fingerprint density at radius 2 is 2.21 bits per heavy atom. The van der Waals surface area contributed by atoms with Crippen LogP contribution < -0.4 is 5.32 Å². The van der Waals surface area contributed by atoms with Crippen molar-refractivity contribution in [3.05, 3.63) is 0 Å². The lowest BCUT2D eigenvalue weighted by atomic mass is 10.2. The second-order valence-electron chi connectivity index (χ2n) is 6.06. The van der Waals surface area contributed by atoms with Gasteiger partial charge in [0.15, 0.2) is 0 Å². The van der Waals surface area contributed by atoms with Gasteiger partial charge in [-0.05, 0) is 34.1 Å². The van der Waals surface area contributed by atoms with E-state index in [9.17, 15) is 4.79 Å². The van der Waals surface area contributed by atoms with Crippen molar-refractivity contribution >= 4 is 11.9 Å². The number of rotatable bonds is 3. The van der Waals surface area contributed by atoms with Crippen LogP contribution in [0.15, 0.2) is 4.99 Å². The molecule has 0 aliphatic carbocycles. The molecule has 1 heterocycles. The summed E-state index contributed by atoms with van der Waals surface area (Å²) < 4.78 is 5.38. The van der Waals surface area contributed by atoms with Crippen molar-refractivity contribution in [3.8, 4) is 0 Å². The molecule has 0 saturated carbocycles. The van der Waals surface area contributed by atoms with Gasteiger partial charge >= 0.3 is 6.09 Å². The van der Waals surface area contributed by atoms with Gasteiger partial charge in [0.25, 0.3) is 0 Å². The van der Waals surface area contributed by atoms with Crippen LogP contribution in [0.25, 0.3) is 0 Å². The molecule has 1 rings (SSSR count). The van der Waals surface area contributed by atoms with Crippen LogP contribution >= 0.6 is 0 Å². The van der Waals surface area contributed by atoms with E-state index in [-0.39, 0.29) is 6.09 Å². The zero-order chi connectivity index (χ0) is 14.5. The predicted molar refractivity (Wildman–Crippen MR) is 77.6 cm³/mol. The van der Waals surface area contributed by atoms with Crippen molar-refractivity contribution in [2.45, 2.75) is 59.1 Å². The van der Waals surface area contributed by atoms with E-state index < -0.39 is 5.60 Å². The number of amides is 1. The van der Waals surface area contributed by atoms with E-state index in [1.165, 1.54) is 0 Å². The molecule has 1 aliphatic heterocycles. The Hall–Kier alpha value is -1.26. The number of carbonyl (C=O) groups is 1. The summed E-state index contributed by atoms with van der Waals surface area (Å²) in [6, 6.07) is 0.391. The minimum absolute atomic E-state index is 0.259. The molecule has 0 aromatic carbocycles. The topological polar surface area (TPSA) is 53.9 Å². The van der Waals surface area contributed by atoms with Gasteiger partial charge in [0.05, 0.1) is 13.1 Å². The summed E-state index contributed by atoms with van der Waals surface area (Å²) in [5.74, 6) is 0.887. The number of nitrogens with one attached hydrogen (secondary N) is 1. The number of carbonyl (C=O) groups excluding carboxylic acids is 1. The lowest BCUT2D eigenvalue weighted by Crippen LogP contribution is -2.48. The van der Waals surface area contributed by atoms with Crippen LogP contribution in [0.4, 0.5) is 4.79 Å². The van der Waals surface area contributed by atoms with Crippen LogP contribution in [0.3, 0.4) is 0 Å². The van der Waals surface area contributed by atoms with Crippen LogP contribution in [0, 0.1) is 0 Å². The number of nitrogens with zero attached hydrogens (tertiary/aromatic N) is 2. The fourth-order valence-electron chi connectivity index (χ4n) is 1.98. The summed E-state index contributed by atoms with van der Waals surface area (Å²) in [6.07, 6.45) is 1.98. The molecule has 1 amide bonds. The Kier molecular flexibility index (Phi) is 5.63. The van der Waals surface area contributed by atoms with Crippen LogP contribution in [-0.4, -0.2) is 48.1 Å². The molecule has 0 spiro atoms. The van der Waals surface area contributed by atoms with Crippen molar-refractivity contribution in [1.82, 2.24) is 10.2 Å². The maximum atomic E-state index is 12.0. The highest BCUT2D eigenvalue weighted by atomic mass is 16.6. The fraction of sp³-hybridized carbons (Fsp3) is 0.857. The number of hydrogen-bond acceptors (Lipinski definition) is 4. The maximum absolute atomic E-state index is 12.0. The number of ether oxygens (including phenoxy) is 1. The number of amidine groups is 1. The number of hydrogen-bond donors (Lipinski definition) is 1. The molecular formula is C14H27N3O2. The highest BCUT2D eigenvalue weighted by Crippen LogP contribution is 2.11. The zero-order valence-corrected chi connectivity index (χ0v) is 12.8. The summed E-state index contributed by atoms with van der Waals surface area (Å²) in [6.45, 7) is 11.7. The first-order valence-electron chi connectivity index (χ1n) is 7.09. The van der Waals surface area contributed by atoms with E-state index in [1.54, 1.807) is 4.90 Å². The monoisotopic (exact) mass is 269 g/mol.